The summed E-state index contributed by atoms with van der Waals surface area (Å²) in [6.07, 6.45) is 0.676. The molecule has 0 radical (unpaired) electrons. The predicted octanol–water partition coefficient (Wildman–Crippen LogP) is 0.727. The summed E-state index contributed by atoms with van der Waals surface area (Å²) in [6, 6.07) is 0. The van der Waals surface area contributed by atoms with E-state index in [0.29, 0.717) is 52.0 Å². The monoisotopic (exact) mass is 314 g/mol. The van der Waals surface area contributed by atoms with Gasteiger partial charge in [0.15, 0.2) is 0 Å². The minimum atomic E-state index is -0.927. The number of hydrogen-bond donors (Lipinski definition) is 1. The number of nitrogens with zero attached hydrogens (tertiary/aromatic N) is 2. The first-order valence-electron chi connectivity index (χ1n) is 7.86. The number of hydrogen-bond acceptors (Lipinski definition) is 4. The maximum absolute atomic E-state index is 12.1. The lowest BCUT2D eigenvalue weighted by Crippen LogP contribution is -2.46. The third-order valence-electron chi connectivity index (χ3n) is 3.79. The molecular formula is C15H26N2O5. The molecule has 1 atom stereocenters. The highest BCUT2D eigenvalue weighted by Crippen LogP contribution is 2.11. The Bertz CT molecular complexity index is 395. The number of carbonyl (C=O) groups is 3. The molecule has 1 aliphatic rings. The van der Waals surface area contributed by atoms with Crippen LogP contribution in [0.25, 0.3) is 0 Å². The molecule has 0 bridgehead atoms. The number of aliphatic carboxylic acids is 1. The van der Waals surface area contributed by atoms with Crippen molar-refractivity contribution in [2.24, 2.45) is 0 Å². The highest BCUT2D eigenvalue weighted by molar-refractivity contribution is 5.79. The number of carbonyl (C=O) groups excluding carboxylic acids is 2. The molecule has 1 heterocycles. The third kappa shape index (κ3) is 6.01. The van der Waals surface area contributed by atoms with Crippen molar-refractivity contribution < 1.29 is 24.2 Å². The van der Waals surface area contributed by atoms with Crippen molar-refractivity contribution >= 4 is 17.8 Å². The van der Waals surface area contributed by atoms with E-state index in [1.807, 2.05) is 13.8 Å². The number of carboxylic acids is 1. The Kier molecular flexibility index (Phi) is 7.87. The minimum Gasteiger partial charge on any atom is -0.481 e. The number of morpholine rings is 1. The van der Waals surface area contributed by atoms with Crippen LogP contribution >= 0.6 is 0 Å². The van der Waals surface area contributed by atoms with Crippen molar-refractivity contribution in [1.82, 2.24) is 9.80 Å². The maximum atomic E-state index is 12.1. The van der Waals surface area contributed by atoms with Gasteiger partial charge in [0.1, 0.15) is 0 Å². The molecule has 1 saturated heterocycles. The summed E-state index contributed by atoms with van der Waals surface area (Å²) in [5.41, 5.74) is 0. The Morgan fingerprint density at radius 1 is 1.23 bits per heavy atom. The number of rotatable bonds is 8. The molecule has 0 saturated carbocycles. The van der Waals surface area contributed by atoms with Crippen LogP contribution in [0, 0.1) is 0 Å². The molecule has 2 amide bonds. The van der Waals surface area contributed by atoms with E-state index >= 15 is 0 Å². The van der Waals surface area contributed by atoms with Crippen molar-refractivity contribution in [3.63, 3.8) is 0 Å². The molecule has 7 heteroatoms. The topological polar surface area (TPSA) is 87.2 Å². The van der Waals surface area contributed by atoms with Crippen LogP contribution in [0.1, 0.15) is 39.5 Å². The van der Waals surface area contributed by atoms with Gasteiger partial charge in [-0.15, -0.1) is 0 Å². The molecule has 0 aromatic carbocycles. The van der Waals surface area contributed by atoms with E-state index in [0.717, 1.165) is 0 Å². The lowest BCUT2D eigenvalue weighted by Gasteiger charge is -2.32. The molecule has 126 valence electrons. The van der Waals surface area contributed by atoms with Crippen LogP contribution in [0.3, 0.4) is 0 Å². The molecule has 0 aromatic rings. The molecule has 0 aromatic heterocycles. The Hall–Kier alpha value is -1.63. The SMILES string of the molecule is CCN(CC)C(=O)CCCC(=O)N1CCOC(CC(=O)O)C1. The molecule has 1 N–H and O–H groups in total. The Labute approximate surface area is 131 Å². The van der Waals surface area contributed by atoms with Gasteiger partial charge in [-0.25, -0.2) is 0 Å². The van der Waals surface area contributed by atoms with Crippen LogP contribution in [0.2, 0.25) is 0 Å². The van der Waals surface area contributed by atoms with Gasteiger partial charge in [0, 0.05) is 39.0 Å². The van der Waals surface area contributed by atoms with E-state index < -0.39 is 12.1 Å². The smallest absolute Gasteiger partial charge is 0.306 e. The van der Waals surface area contributed by atoms with E-state index in [1.165, 1.54) is 0 Å². The molecule has 1 fully saturated rings. The zero-order valence-electron chi connectivity index (χ0n) is 13.4. The Balaban J connectivity index is 2.32. The molecule has 0 spiro atoms. The van der Waals surface area contributed by atoms with Gasteiger partial charge in [0.05, 0.1) is 19.1 Å². The van der Waals surface area contributed by atoms with Gasteiger partial charge in [0.2, 0.25) is 11.8 Å². The average molecular weight is 314 g/mol. The van der Waals surface area contributed by atoms with Crippen LogP contribution in [0.15, 0.2) is 0 Å². The second-order valence-electron chi connectivity index (χ2n) is 5.35. The molecule has 7 nitrogen and oxygen atoms in total. The van der Waals surface area contributed by atoms with Gasteiger partial charge >= 0.3 is 5.97 Å². The zero-order chi connectivity index (χ0) is 16.5. The molecule has 1 aliphatic heterocycles. The molecule has 1 rings (SSSR count). The van der Waals surface area contributed by atoms with Crippen LogP contribution < -0.4 is 0 Å². The highest BCUT2D eigenvalue weighted by atomic mass is 16.5. The van der Waals surface area contributed by atoms with E-state index in [-0.39, 0.29) is 18.2 Å². The average Bonchev–Trinajstić information content (AvgIpc) is 2.48. The summed E-state index contributed by atoms with van der Waals surface area (Å²) in [6.45, 7) is 6.40. The summed E-state index contributed by atoms with van der Waals surface area (Å²) >= 11 is 0. The van der Waals surface area contributed by atoms with E-state index in [4.69, 9.17) is 9.84 Å². The number of carboxylic acid groups (broad SMARTS) is 1. The van der Waals surface area contributed by atoms with Crippen molar-refractivity contribution in [2.45, 2.75) is 45.6 Å². The van der Waals surface area contributed by atoms with Gasteiger partial charge in [-0.2, -0.15) is 0 Å². The summed E-state index contributed by atoms with van der Waals surface area (Å²) in [4.78, 5) is 38.0. The first-order valence-corrected chi connectivity index (χ1v) is 7.86. The molecule has 0 aliphatic carbocycles. The fourth-order valence-electron chi connectivity index (χ4n) is 2.55. The van der Waals surface area contributed by atoms with Gasteiger partial charge in [0.25, 0.3) is 0 Å². The highest BCUT2D eigenvalue weighted by Gasteiger charge is 2.25. The van der Waals surface area contributed by atoms with Gasteiger partial charge in [-0.3, -0.25) is 14.4 Å². The Morgan fingerprint density at radius 3 is 2.50 bits per heavy atom. The lowest BCUT2D eigenvalue weighted by molar-refractivity contribution is -0.147. The normalized spacial score (nSPS) is 18.1. The quantitative estimate of drug-likeness (QED) is 0.713. The second-order valence-corrected chi connectivity index (χ2v) is 5.35. The standard InChI is InChI=1S/C15H26N2O5/c1-3-16(4-2)13(18)6-5-7-14(19)17-8-9-22-12(11-17)10-15(20)21/h12H,3-11H2,1-2H3,(H,20,21). The summed E-state index contributed by atoms with van der Waals surface area (Å²) in [7, 11) is 0. The largest absolute Gasteiger partial charge is 0.481 e. The Morgan fingerprint density at radius 2 is 1.91 bits per heavy atom. The van der Waals surface area contributed by atoms with Crippen LogP contribution in [-0.2, 0) is 19.1 Å². The van der Waals surface area contributed by atoms with Gasteiger partial charge in [-0.05, 0) is 20.3 Å². The zero-order valence-corrected chi connectivity index (χ0v) is 13.4. The number of ether oxygens (including phenoxy) is 1. The molecular weight excluding hydrogens is 288 g/mol. The minimum absolute atomic E-state index is 0.0361. The van der Waals surface area contributed by atoms with Crippen molar-refractivity contribution in [1.29, 1.82) is 0 Å². The van der Waals surface area contributed by atoms with E-state index in [1.54, 1.807) is 9.80 Å². The van der Waals surface area contributed by atoms with Crippen molar-refractivity contribution in [3.05, 3.63) is 0 Å². The number of amides is 2. The molecule has 22 heavy (non-hydrogen) atoms. The van der Waals surface area contributed by atoms with Gasteiger partial charge < -0.3 is 19.6 Å². The maximum Gasteiger partial charge on any atom is 0.306 e. The first-order chi connectivity index (χ1) is 10.5. The van der Waals surface area contributed by atoms with Gasteiger partial charge in [-0.1, -0.05) is 0 Å². The summed E-state index contributed by atoms with van der Waals surface area (Å²) < 4.78 is 5.34. The third-order valence-corrected chi connectivity index (χ3v) is 3.79. The first kappa shape index (κ1) is 18.4. The lowest BCUT2D eigenvalue weighted by atomic mass is 10.1. The predicted molar refractivity (Wildman–Crippen MR) is 80.4 cm³/mol. The second kappa shape index (κ2) is 9.40. The fraction of sp³-hybridized carbons (Fsp3) is 0.800. The van der Waals surface area contributed by atoms with E-state index in [9.17, 15) is 14.4 Å². The van der Waals surface area contributed by atoms with Crippen LogP contribution in [0.5, 0.6) is 0 Å². The summed E-state index contributed by atoms with van der Waals surface area (Å²) in [5.74, 6) is -0.890. The van der Waals surface area contributed by atoms with Crippen molar-refractivity contribution in [3.8, 4) is 0 Å². The summed E-state index contributed by atoms with van der Waals surface area (Å²) in [5, 5.41) is 8.77. The molecule has 1 unspecified atom stereocenters. The van der Waals surface area contributed by atoms with Crippen molar-refractivity contribution in [2.75, 3.05) is 32.8 Å². The fourth-order valence-corrected chi connectivity index (χ4v) is 2.55. The van der Waals surface area contributed by atoms with E-state index in [2.05, 4.69) is 0 Å². The van der Waals surface area contributed by atoms with Crippen LogP contribution in [0.4, 0.5) is 0 Å². The van der Waals surface area contributed by atoms with Crippen LogP contribution in [-0.4, -0.2) is 71.6 Å².